The lowest BCUT2D eigenvalue weighted by molar-refractivity contribution is -0.135. The average Bonchev–Trinajstić information content (AvgIpc) is 2.38. The molecule has 18 heavy (non-hydrogen) atoms. The number of hydrogen-bond acceptors (Lipinski definition) is 2. The summed E-state index contributed by atoms with van der Waals surface area (Å²) in [6.45, 7) is 0.688. The Morgan fingerprint density at radius 2 is 2.06 bits per heavy atom. The maximum Gasteiger partial charge on any atom is 0.323 e. The number of fused-ring (bicyclic) bond motifs is 3. The molecule has 0 saturated carbocycles. The largest absolute Gasteiger partial charge is 0.480 e. The molecule has 0 aromatic heterocycles. The van der Waals surface area contributed by atoms with E-state index in [4.69, 9.17) is 5.11 Å². The lowest BCUT2D eigenvalue weighted by Gasteiger charge is -2.27. The van der Waals surface area contributed by atoms with Crippen molar-refractivity contribution in [3.05, 3.63) is 48.0 Å². The van der Waals surface area contributed by atoms with Gasteiger partial charge >= 0.3 is 5.97 Å². The van der Waals surface area contributed by atoms with Gasteiger partial charge in [-0.05, 0) is 16.8 Å². The summed E-state index contributed by atoms with van der Waals surface area (Å²) in [5.41, 5.74) is 2.11. The summed E-state index contributed by atoms with van der Waals surface area (Å²) in [4.78, 5) is 12.8. The van der Waals surface area contributed by atoms with E-state index >= 15 is 0 Å². The highest BCUT2D eigenvalue weighted by Gasteiger charge is 2.17. The third kappa shape index (κ3) is 1.74. The first-order chi connectivity index (χ1) is 8.75. The van der Waals surface area contributed by atoms with Gasteiger partial charge in [-0.1, -0.05) is 42.5 Å². The Morgan fingerprint density at radius 1 is 1.22 bits per heavy atom. The van der Waals surface area contributed by atoms with Gasteiger partial charge in [0.15, 0.2) is 0 Å². The van der Waals surface area contributed by atoms with E-state index in [1.165, 1.54) is 10.8 Å². The van der Waals surface area contributed by atoms with Crippen molar-refractivity contribution in [2.75, 3.05) is 18.0 Å². The Balaban J connectivity index is 2.17. The molecule has 0 amide bonds. The van der Waals surface area contributed by atoms with Gasteiger partial charge in [-0.2, -0.15) is 0 Å². The van der Waals surface area contributed by atoms with Crippen molar-refractivity contribution in [2.45, 2.75) is 0 Å². The SMILES string of the molecule is O=C(O)CN1CC=Cc2c1ccc1ccccc21. The van der Waals surface area contributed by atoms with Crippen LogP contribution in [0.4, 0.5) is 5.69 Å². The van der Waals surface area contributed by atoms with Crippen LogP contribution >= 0.6 is 0 Å². The molecule has 3 heteroatoms. The fraction of sp³-hybridized carbons (Fsp3) is 0.133. The summed E-state index contributed by atoms with van der Waals surface area (Å²) in [5, 5.41) is 11.3. The molecule has 90 valence electrons. The van der Waals surface area contributed by atoms with E-state index < -0.39 is 5.97 Å². The Morgan fingerprint density at radius 3 is 2.89 bits per heavy atom. The van der Waals surface area contributed by atoms with Gasteiger partial charge in [-0.3, -0.25) is 4.79 Å². The molecule has 0 saturated heterocycles. The highest BCUT2D eigenvalue weighted by atomic mass is 16.4. The number of aliphatic carboxylic acids is 1. The number of hydrogen-bond donors (Lipinski definition) is 1. The summed E-state index contributed by atoms with van der Waals surface area (Å²) in [7, 11) is 0. The topological polar surface area (TPSA) is 40.5 Å². The fourth-order valence-electron chi connectivity index (χ4n) is 2.44. The zero-order chi connectivity index (χ0) is 12.5. The molecule has 2 aromatic rings. The van der Waals surface area contributed by atoms with Crippen LogP contribution in [-0.4, -0.2) is 24.2 Å². The van der Waals surface area contributed by atoms with E-state index in [1.807, 2.05) is 35.2 Å². The normalized spacial score (nSPS) is 13.7. The minimum atomic E-state index is -0.801. The van der Waals surface area contributed by atoms with Gasteiger partial charge in [0.1, 0.15) is 6.54 Å². The lowest BCUT2D eigenvalue weighted by Crippen LogP contribution is -2.31. The van der Waals surface area contributed by atoms with Gasteiger partial charge < -0.3 is 10.0 Å². The number of carbonyl (C=O) groups is 1. The van der Waals surface area contributed by atoms with Crippen molar-refractivity contribution >= 4 is 28.5 Å². The minimum absolute atomic E-state index is 0.0374. The third-order valence-electron chi connectivity index (χ3n) is 3.22. The first-order valence-electron chi connectivity index (χ1n) is 5.91. The van der Waals surface area contributed by atoms with Gasteiger partial charge in [0, 0.05) is 17.8 Å². The summed E-state index contributed by atoms with van der Waals surface area (Å²) in [5.74, 6) is -0.801. The molecule has 1 aliphatic rings. The first-order valence-corrected chi connectivity index (χ1v) is 5.91. The predicted octanol–water partition coefficient (Wildman–Crippen LogP) is 2.76. The zero-order valence-corrected chi connectivity index (χ0v) is 9.84. The molecule has 0 spiro atoms. The van der Waals surface area contributed by atoms with E-state index in [1.54, 1.807) is 0 Å². The molecule has 0 atom stereocenters. The van der Waals surface area contributed by atoms with E-state index in [0.29, 0.717) is 6.54 Å². The second-order valence-electron chi connectivity index (χ2n) is 4.40. The van der Waals surface area contributed by atoms with E-state index in [2.05, 4.69) is 18.2 Å². The summed E-state index contributed by atoms with van der Waals surface area (Å²) < 4.78 is 0. The summed E-state index contributed by atoms with van der Waals surface area (Å²) in [6, 6.07) is 12.2. The minimum Gasteiger partial charge on any atom is -0.480 e. The van der Waals surface area contributed by atoms with Crippen molar-refractivity contribution in [3.8, 4) is 0 Å². The van der Waals surface area contributed by atoms with Crippen LogP contribution in [-0.2, 0) is 4.79 Å². The lowest BCUT2D eigenvalue weighted by atomic mass is 9.99. The molecule has 1 aliphatic heterocycles. The third-order valence-corrected chi connectivity index (χ3v) is 3.22. The van der Waals surface area contributed by atoms with Gasteiger partial charge in [0.25, 0.3) is 0 Å². The number of benzene rings is 2. The molecule has 3 nitrogen and oxygen atoms in total. The fourth-order valence-corrected chi connectivity index (χ4v) is 2.44. The molecule has 0 unspecified atom stereocenters. The van der Waals surface area contributed by atoms with Crippen molar-refractivity contribution in [2.24, 2.45) is 0 Å². The van der Waals surface area contributed by atoms with Crippen LogP contribution in [0, 0.1) is 0 Å². The molecule has 1 heterocycles. The van der Waals surface area contributed by atoms with Crippen molar-refractivity contribution in [3.63, 3.8) is 0 Å². The van der Waals surface area contributed by atoms with Crippen LogP contribution in [0.15, 0.2) is 42.5 Å². The number of anilines is 1. The Kier molecular flexibility index (Phi) is 2.52. The highest BCUT2D eigenvalue weighted by Crippen LogP contribution is 2.32. The number of nitrogens with zero attached hydrogens (tertiary/aromatic N) is 1. The Bertz CT molecular complexity index is 646. The maximum atomic E-state index is 10.9. The van der Waals surface area contributed by atoms with Gasteiger partial charge in [0.2, 0.25) is 0 Å². The maximum absolute atomic E-state index is 10.9. The standard InChI is InChI=1S/C15H13NO2/c17-15(18)10-16-9-3-6-13-12-5-2-1-4-11(12)7-8-14(13)16/h1-8H,9-10H2,(H,17,18). The second kappa shape index (κ2) is 4.18. The van der Waals surface area contributed by atoms with Crippen LogP contribution in [0.2, 0.25) is 0 Å². The monoisotopic (exact) mass is 239 g/mol. The molecular weight excluding hydrogens is 226 g/mol. The summed E-state index contributed by atoms with van der Waals surface area (Å²) in [6.07, 6.45) is 4.09. The molecule has 0 fully saturated rings. The van der Waals surface area contributed by atoms with Crippen LogP contribution in [0.25, 0.3) is 16.8 Å². The molecule has 3 rings (SSSR count). The van der Waals surface area contributed by atoms with E-state index in [9.17, 15) is 4.79 Å². The smallest absolute Gasteiger partial charge is 0.323 e. The molecule has 0 bridgehead atoms. The molecule has 1 N–H and O–H groups in total. The van der Waals surface area contributed by atoms with Crippen molar-refractivity contribution in [1.82, 2.24) is 0 Å². The van der Waals surface area contributed by atoms with Crippen molar-refractivity contribution < 1.29 is 9.90 Å². The highest BCUT2D eigenvalue weighted by molar-refractivity contribution is 5.97. The van der Waals surface area contributed by atoms with Crippen LogP contribution in [0.3, 0.4) is 0 Å². The van der Waals surface area contributed by atoms with E-state index in [-0.39, 0.29) is 6.54 Å². The Labute approximate surface area is 105 Å². The van der Waals surface area contributed by atoms with Crippen molar-refractivity contribution in [1.29, 1.82) is 0 Å². The number of carboxylic acid groups (broad SMARTS) is 1. The number of rotatable bonds is 2. The van der Waals surface area contributed by atoms with Crippen LogP contribution < -0.4 is 4.90 Å². The van der Waals surface area contributed by atoms with Crippen LogP contribution in [0.5, 0.6) is 0 Å². The number of carboxylic acids is 1. The first kappa shape index (κ1) is 10.8. The predicted molar refractivity (Wildman–Crippen MR) is 72.8 cm³/mol. The molecule has 0 radical (unpaired) electrons. The quantitative estimate of drug-likeness (QED) is 0.876. The second-order valence-corrected chi connectivity index (χ2v) is 4.40. The van der Waals surface area contributed by atoms with Crippen LogP contribution in [0.1, 0.15) is 5.56 Å². The average molecular weight is 239 g/mol. The van der Waals surface area contributed by atoms with Gasteiger partial charge in [-0.15, -0.1) is 0 Å². The zero-order valence-electron chi connectivity index (χ0n) is 9.84. The molecular formula is C15H13NO2. The molecule has 0 aliphatic carbocycles. The summed E-state index contributed by atoms with van der Waals surface area (Å²) >= 11 is 0. The van der Waals surface area contributed by atoms with E-state index in [0.717, 1.165) is 11.3 Å². The molecule has 2 aromatic carbocycles. The Hall–Kier alpha value is -2.29. The van der Waals surface area contributed by atoms with Gasteiger partial charge in [0.05, 0.1) is 0 Å². The van der Waals surface area contributed by atoms with Gasteiger partial charge in [-0.25, -0.2) is 0 Å².